The largest absolute Gasteiger partial charge is 0.361 e. The van der Waals surface area contributed by atoms with E-state index < -0.39 is 0 Å². The van der Waals surface area contributed by atoms with Gasteiger partial charge in [-0.15, -0.1) is 24.0 Å². The highest BCUT2D eigenvalue weighted by molar-refractivity contribution is 14.0. The van der Waals surface area contributed by atoms with Gasteiger partial charge in [0.05, 0.1) is 5.69 Å². The zero-order chi connectivity index (χ0) is 18.2. The number of nitrogens with one attached hydrogen (secondary N) is 2. The van der Waals surface area contributed by atoms with E-state index >= 15 is 0 Å². The molecule has 6 nitrogen and oxygen atoms in total. The molecule has 0 spiro atoms. The first-order valence-electron chi connectivity index (χ1n) is 9.73. The molecule has 2 rings (SSSR count). The van der Waals surface area contributed by atoms with Crippen LogP contribution in [0.15, 0.2) is 9.52 Å². The molecule has 1 fully saturated rings. The maximum absolute atomic E-state index is 5.43. The fraction of sp³-hybridized carbons (Fsp3) is 0.789. The third-order valence-corrected chi connectivity index (χ3v) is 5.27. The van der Waals surface area contributed by atoms with Crippen LogP contribution < -0.4 is 10.6 Å². The number of aryl methyl sites for hydroxylation is 2. The van der Waals surface area contributed by atoms with E-state index in [0.29, 0.717) is 12.6 Å². The number of piperidine rings is 1. The Hall–Kier alpha value is -0.830. The molecule has 26 heavy (non-hydrogen) atoms. The summed E-state index contributed by atoms with van der Waals surface area (Å²) in [5.74, 6) is 2.67. The monoisotopic (exact) mass is 477 g/mol. The summed E-state index contributed by atoms with van der Waals surface area (Å²) < 4.78 is 5.43. The van der Waals surface area contributed by atoms with Crippen LogP contribution in [0.4, 0.5) is 0 Å². The Morgan fingerprint density at radius 2 is 1.96 bits per heavy atom. The van der Waals surface area contributed by atoms with Crippen molar-refractivity contribution in [3.05, 3.63) is 17.0 Å². The van der Waals surface area contributed by atoms with E-state index in [1.54, 1.807) is 0 Å². The summed E-state index contributed by atoms with van der Waals surface area (Å²) in [6.45, 7) is 12.9. The number of halogens is 1. The minimum Gasteiger partial charge on any atom is -0.361 e. The van der Waals surface area contributed by atoms with E-state index in [0.717, 1.165) is 42.7 Å². The SMILES string of the molecule is CCc1noc(CC)c1CNC(=NC)NCC(C)N1CCC(C)CC1.I. The van der Waals surface area contributed by atoms with Crippen molar-refractivity contribution >= 4 is 29.9 Å². The van der Waals surface area contributed by atoms with E-state index in [1.165, 1.54) is 31.5 Å². The Bertz CT molecular complexity index is 531. The maximum atomic E-state index is 5.43. The van der Waals surface area contributed by atoms with E-state index in [9.17, 15) is 0 Å². The Kier molecular flexibility index (Phi) is 10.5. The molecule has 0 saturated carbocycles. The molecular weight excluding hydrogens is 441 g/mol. The fourth-order valence-corrected chi connectivity index (χ4v) is 3.37. The van der Waals surface area contributed by atoms with Crippen molar-refractivity contribution in [2.75, 3.05) is 26.7 Å². The van der Waals surface area contributed by atoms with Crippen molar-refractivity contribution in [2.45, 2.75) is 66.0 Å². The number of hydrogen-bond donors (Lipinski definition) is 2. The number of likely N-dealkylation sites (tertiary alicyclic amines) is 1. The van der Waals surface area contributed by atoms with Crippen LogP contribution in [0.2, 0.25) is 0 Å². The topological polar surface area (TPSA) is 65.7 Å². The lowest BCUT2D eigenvalue weighted by molar-refractivity contribution is 0.147. The highest BCUT2D eigenvalue weighted by Crippen LogP contribution is 2.18. The van der Waals surface area contributed by atoms with Crippen molar-refractivity contribution in [2.24, 2.45) is 10.9 Å². The summed E-state index contributed by atoms with van der Waals surface area (Å²) in [4.78, 5) is 6.93. The Morgan fingerprint density at radius 1 is 1.27 bits per heavy atom. The number of nitrogens with zero attached hydrogens (tertiary/aromatic N) is 3. The third kappa shape index (κ3) is 6.40. The van der Waals surface area contributed by atoms with Gasteiger partial charge >= 0.3 is 0 Å². The molecule has 2 N–H and O–H groups in total. The van der Waals surface area contributed by atoms with Gasteiger partial charge in [-0.25, -0.2) is 0 Å². The average Bonchev–Trinajstić information content (AvgIpc) is 3.04. The third-order valence-electron chi connectivity index (χ3n) is 5.27. The number of rotatable bonds is 7. The molecule has 2 heterocycles. The highest BCUT2D eigenvalue weighted by Gasteiger charge is 2.20. The van der Waals surface area contributed by atoms with Crippen LogP contribution in [0.1, 0.15) is 57.6 Å². The molecule has 0 amide bonds. The predicted molar refractivity (Wildman–Crippen MR) is 118 cm³/mol. The van der Waals surface area contributed by atoms with E-state index in [-0.39, 0.29) is 24.0 Å². The van der Waals surface area contributed by atoms with Crippen LogP contribution in [0, 0.1) is 5.92 Å². The molecule has 1 unspecified atom stereocenters. The van der Waals surface area contributed by atoms with Crippen molar-refractivity contribution in [3.63, 3.8) is 0 Å². The minimum atomic E-state index is 0. The van der Waals surface area contributed by atoms with Gasteiger partial charge < -0.3 is 15.2 Å². The Morgan fingerprint density at radius 3 is 2.54 bits per heavy atom. The molecule has 1 aliphatic heterocycles. The Balaban J connectivity index is 0.00000338. The van der Waals surface area contributed by atoms with Gasteiger partial charge in [-0.3, -0.25) is 9.89 Å². The second-order valence-electron chi connectivity index (χ2n) is 7.11. The smallest absolute Gasteiger partial charge is 0.191 e. The molecule has 0 aliphatic carbocycles. The molecule has 0 radical (unpaired) electrons. The lowest BCUT2D eigenvalue weighted by atomic mass is 9.98. The van der Waals surface area contributed by atoms with Crippen LogP contribution in [-0.2, 0) is 19.4 Å². The molecule has 1 aromatic rings. The van der Waals surface area contributed by atoms with E-state index in [4.69, 9.17) is 4.52 Å². The zero-order valence-electron chi connectivity index (χ0n) is 17.0. The van der Waals surface area contributed by atoms with Gasteiger partial charge in [0.2, 0.25) is 0 Å². The van der Waals surface area contributed by atoms with Gasteiger partial charge in [-0.05, 0) is 45.2 Å². The summed E-state index contributed by atoms with van der Waals surface area (Å²) >= 11 is 0. The van der Waals surface area contributed by atoms with Crippen LogP contribution in [0.25, 0.3) is 0 Å². The van der Waals surface area contributed by atoms with E-state index in [1.807, 2.05) is 7.05 Å². The lowest BCUT2D eigenvalue weighted by Gasteiger charge is -2.35. The van der Waals surface area contributed by atoms with Gasteiger partial charge in [0.1, 0.15) is 5.76 Å². The minimum absolute atomic E-state index is 0. The Labute approximate surface area is 175 Å². The van der Waals surface area contributed by atoms with Crippen molar-refractivity contribution in [3.8, 4) is 0 Å². The quantitative estimate of drug-likeness (QED) is 0.359. The summed E-state index contributed by atoms with van der Waals surface area (Å²) in [6.07, 6.45) is 4.37. The summed E-state index contributed by atoms with van der Waals surface area (Å²) in [7, 11) is 1.82. The van der Waals surface area contributed by atoms with Crippen molar-refractivity contribution in [1.82, 2.24) is 20.7 Å². The maximum Gasteiger partial charge on any atom is 0.191 e. The molecule has 0 aromatic carbocycles. The lowest BCUT2D eigenvalue weighted by Crippen LogP contribution is -2.48. The van der Waals surface area contributed by atoms with Crippen LogP contribution in [-0.4, -0.2) is 48.7 Å². The van der Waals surface area contributed by atoms with Gasteiger partial charge in [-0.1, -0.05) is 25.9 Å². The number of hydrogen-bond acceptors (Lipinski definition) is 4. The van der Waals surface area contributed by atoms with Crippen molar-refractivity contribution < 1.29 is 4.52 Å². The summed E-state index contributed by atoms with van der Waals surface area (Å²) in [6, 6.07) is 0.513. The molecule has 1 aromatic heterocycles. The first kappa shape index (κ1) is 23.2. The molecule has 150 valence electrons. The fourth-order valence-electron chi connectivity index (χ4n) is 3.37. The number of aromatic nitrogens is 1. The number of aliphatic imine (C=N–C) groups is 1. The van der Waals surface area contributed by atoms with Crippen LogP contribution in [0.5, 0.6) is 0 Å². The normalized spacial score (nSPS) is 17.7. The van der Waals surface area contributed by atoms with E-state index in [2.05, 4.69) is 53.4 Å². The highest BCUT2D eigenvalue weighted by atomic mass is 127. The molecule has 1 atom stereocenters. The predicted octanol–water partition coefficient (Wildman–Crippen LogP) is 3.20. The first-order chi connectivity index (χ1) is 12.1. The summed E-state index contributed by atoms with van der Waals surface area (Å²) in [5, 5.41) is 11.0. The molecule has 1 aliphatic rings. The molecule has 7 heteroatoms. The zero-order valence-corrected chi connectivity index (χ0v) is 19.3. The molecule has 1 saturated heterocycles. The van der Waals surface area contributed by atoms with Crippen molar-refractivity contribution in [1.29, 1.82) is 0 Å². The summed E-state index contributed by atoms with van der Waals surface area (Å²) in [5.41, 5.74) is 2.21. The van der Waals surface area contributed by atoms with Gasteiger partial charge in [0.15, 0.2) is 5.96 Å². The molecule has 0 bridgehead atoms. The van der Waals surface area contributed by atoms with Gasteiger partial charge in [-0.2, -0.15) is 0 Å². The van der Waals surface area contributed by atoms with Gasteiger partial charge in [0.25, 0.3) is 0 Å². The second-order valence-corrected chi connectivity index (χ2v) is 7.11. The number of guanidine groups is 1. The first-order valence-corrected chi connectivity index (χ1v) is 9.73. The van der Waals surface area contributed by atoms with Crippen LogP contribution >= 0.6 is 24.0 Å². The molecular formula is C19H36IN5O. The van der Waals surface area contributed by atoms with Gasteiger partial charge in [0, 0.05) is 38.2 Å². The average molecular weight is 477 g/mol. The second kappa shape index (κ2) is 11.8. The standard InChI is InChI=1S/C19H35N5O.HI/c1-6-17-16(18(7-2)25-23-17)13-22-19(20-5)21-12-15(4)24-10-8-14(3)9-11-24;/h14-15H,6-13H2,1-5H3,(H2,20,21,22);1H. The van der Waals surface area contributed by atoms with Crippen LogP contribution in [0.3, 0.4) is 0 Å².